The smallest absolute Gasteiger partial charge is 0.335 e. The summed E-state index contributed by atoms with van der Waals surface area (Å²) in [5.41, 5.74) is 10.9. The van der Waals surface area contributed by atoms with E-state index in [0.29, 0.717) is 5.56 Å². The standard InChI is InChI=1S/C18H20N2O2.C8H9NOS/c1-18(2)10-13-8-12(17(21)22)6-7-15(13)20-16(18)11-4-3-5-14(19)9-11;1-6(10)9-7-2-4-8(11)5-3-7/h3-9,16,20H,10,19H2,1-2H3,(H,21,22);2-5,11H,1H3,(H,9,10). The first-order valence-corrected chi connectivity index (χ1v) is 11.0. The number of carbonyl (C=O) groups is 2. The van der Waals surface area contributed by atoms with Gasteiger partial charge in [0.15, 0.2) is 0 Å². The number of hydrogen-bond donors (Lipinski definition) is 5. The summed E-state index contributed by atoms with van der Waals surface area (Å²) in [6, 6.07) is 20.6. The third-order valence-corrected chi connectivity index (χ3v) is 5.81. The first-order valence-electron chi connectivity index (χ1n) is 10.6. The number of rotatable bonds is 3. The van der Waals surface area contributed by atoms with Crippen molar-refractivity contribution in [3.8, 4) is 0 Å². The first-order chi connectivity index (χ1) is 15.5. The maximum Gasteiger partial charge on any atom is 0.335 e. The van der Waals surface area contributed by atoms with Crippen LogP contribution in [0.2, 0.25) is 0 Å². The number of thiol groups is 1. The number of hydrogen-bond acceptors (Lipinski definition) is 5. The van der Waals surface area contributed by atoms with Crippen molar-refractivity contribution in [1.82, 2.24) is 0 Å². The van der Waals surface area contributed by atoms with Gasteiger partial charge in [-0.2, -0.15) is 0 Å². The van der Waals surface area contributed by atoms with Crippen molar-refractivity contribution < 1.29 is 14.7 Å². The van der Waals surface area contributed by atoms with Crippen LogP contribution in [0, 0.1) is 5.41 Å². The van der Waals surface area contributed by atoms with Crippen LogP contribution in [0.15, 0.2) is 71.6 Å². The van der Waals surface area contributed by atoms with Crippen LogP contribution in [0.4, 0.5) is 17.1 Å². The highest BCUT2D eigenvalue weighted by atomic mass is 32.1. The molecule has 0 fully saturated rings. The van der Waals surface area contributed by atoms with Gasteiger partial charge in [0, 0.05) is 28.9 Å². The highest BCUT2D eigenvalue weighted by Crippen LogP contribution is 2.45. The minimum atomic E-state index is -0.890. The number of nitrogens with two attached hydrogens (primary N) is 1. The van der Waals surface area contributed by atoms with E-state index in [2.05, 4.69) is 43.2 Å². The average Bonchev–Trinajstić information content (AvgIpc) is 2.74. The zero-order valence-corrected chi connectivity index (χ0v) is 19.8. The van der Waals surface area contributed by atoms with E-state index >= 15 is 0 Å². The van der Waals surface area contributed by atoms with Gasteiger partial charge in [-0.3, -0.25) is 4.79 Å². The zero-order chi connectivity index (χ0) is 24.2. The largest absolute Gasteiger partial charge is 0.478 e. The van der Waals surface area contributed by atoms with Gasteiger partial charge in [0.25, 0.3) is 0 Å². The molecule has 4 rings (SSSR count). The van der Waals surface area contributed by atoms with E-state index in [1.165, 1.54) is 6.92 Å². The van der Waals surface area contributed by atoms with E-state index in [4.69, 9.17) is 10.8 Å². The lowest BCUT2D eigenvalue weighted by Gasteiger charge is -2.41. The van der Waals surface area contributed by atoms with Crippen molar-refractivity contribution in [1.29, 1.82) is 0 Å². The van der Waals surface area contributed by atoms with Gasteiger partial charge in [0.2, 0.25) is 5.91 Å². The fraction of sp³-hybridized carbons (Fsp3) is 0.231. The molecule has 0 radical (unpaired) electrons. The highest BCUT2D eigenvalue weighted by Gasteiger charge is 2.36. The lowest BCUT2D eigenvalue weighted by molar-refractivity contribution is -0.114. The molecule has 0 spiro atoms. The van der Waals surface area contributed by atoms with Crippen molar-refractivity contribution in [3.63, 3.8) is 0 Å². The third-order valence-electron chi connectivity index (χ3n) is 5.51. The first kappa shape index (κ1) is 24.2. The number of benzene rings is 3. The van der Waals surface area contributed by atoms with Gasteiger partial charge in [-0.1, -0.05) is 26.0 Å². The van der Waals surface area contributed by atoms with Crippen molar-refractivity contribution in [2.24, 2.45) is 5.41 Å². The number of nitrogen functional groups attached to an aromatic ring is 1. The van der Waals surface area contributed by atoms with Gasteiger partial charge in [0.1, 0.15) is 0 Å². The van der Waals surface area contributed by atoms with E-state index < -0.39 is 5.97 Å². The Morgan fingerprint density at radius 3 is 2.39 bits per heavy atom. The third kappa shape index (κ3) is 6.29. The maximum atomic E-state index is 11.1. The molecule has 172 valence electrons. The number of anilines is 3. The Kier molecular flexibility index (Phi) is 7.33. The molecule has 7 heteroatoms. The van der Waals surface area contributed by atoms with Crippen molar-refractivity contribution in [2.45, 2.75) is 38.1 Å². The van der Waals surface area contributed by atoms with E-state index in [9.17, 15) is 9.59 Å². The Morgan fingerprint density at radius 1 is 1.09 bits per heavy atom. The number of carboxylic acids is 1. The van der Waals surface area contributed by atoms with Gasteiger partial charge >= 0.3 is 5.97 Å². The summed E-state index contributed by atoms with van der Waals surface area (Å²) < 4.78 is 0. The second kappa shape index (κ2) is 10.0. The maximum absolute atomic E-state index is 11.1. The number of nitrogens with one attached hydrogen (secondary N) is 2. The van der Waals surface area contributed by atoms with Crippen LogP contribution < -0.4 is 16.4 Å². The Labute approximate surface area is 199 Å². The molecule has 33 heavy (non-hydrogen) atoms. The molecule has 0 saturated carbocycles. The second-order valence-electron chi connectivity index (χ2n) is 8.82. The van der Waals surface area contributed by atoms with Crippen LogP contribution in [0.5, 0.6) is 0 Å². The normalized spacial score (nSPS) is 15.8. The van der Waals surface area contributed by atoms with E-state index in [1.807, 2.05) is 48.5 Å². The van der Waals surface area contributed by atoms with Crippen molar-refractivity contribution >= 4 is 41.6 Å². The number of aromatic carboxylic acids is 1. The predicted octanol–water partition coefficient (Wildman–Crippen LogP) is 5.64. The molecule has 0 bridgehead atoms. The second-order valence-corrected chi connectivity index (χ2v) is 9.33. The molecule has 1 unspecified atom stereocenters. The van der Waals surface area contributed by atoms with Crippen LogP contribution in [-0.4, -0.2) is 17.0 Å². The van der Waals surface area contributed by atoms with Gasteiger partial charge < -0.3 is 21.5 Å². The fourth-order valence-electron chi connectivity index (χ4n) is 3.98. The van der Waals surface area contributed by atoms with E-state index in [-0.39, 0.29) is 17.4 Å². The van der Waals surface area contributed by atoms with Crippen LogP contribution in [0.3, 0.4) is 0 Å². The van der Waals surface area contributed by atoms with Gasteiger partial charge in [-0.15, -0.1) is 12.6 Å². The molecule has 1 aliphatic rings. The number of carboxylic acid groups (broad SMARTS) is 1. The minimum absolute atomic E-state index is 0.0437. The molecule has 0 aliphatic carbocycles. The van der Waals surface area contributed by atoms with Gasteiger partial charge in [-0.05, 0) is 77.6 Å². The molecule has 6 nitrogen and oxygen atoms in total. The Hall–Kier alpha value is -3.45. The summed E-state index contributed by atoms with van der Waals surface area (Å²) in [5.74, 6) is -0.949. The van der Waals surface area contributed by atoms with Crippen LogP contribution in [0.25, 0.3) is 0 Å². The summed E-state index contributed by atoms with van der Waals surface area (Å²) in [6.45, 7) is 5.85. The Bertz CT molecular complexity index is 1160. The molecule has 3 aromatic rings. The lowest BCUT2D eigenvalue weighted by atomic mass is 9.72. The molecule has 1 heterocycles. The predicted molar refractivity (Wildman–Crippen MR) is 136 cm³/mol. The number of fused-ring (bicyclic) bond motifs is 1. The van der Waals surface area contributed by atoms with Crippen molar-refractivity contribution in [3.05, 3.63) is 83.4 Å². The summed E-state index contributed by atoms with van der Waals surface area (Å²) in [5, 5.41) is 15.4. The van der Waals surface area contributed by atoms with Gasteiger partial charge in [0.05, 0.1) is 11.6 Å². The number of amides is 1. The highest BCUT2D eigenvalue weighted by molar-refractivity contribution is 7.80. The van der Waals surface area contributed by atoms with Crippen LogP contribution in [-0.2, 0) is 11.2 Å². The fourth-order valence-corrected chi connectivity index (χ4v) is 4.13. The molecule has 0 saturated heterocycles. The Balaban J connectivity index is 0.000000235. The van der Waals surface area contributed by atoms with Crippen LogP contribution in [0.1, 0.15) is 48.3 Å². The molecular weight excluding hydrogens is 434 g/mol. The summed E-state index contributed by atoms with van der Waals surface area (Å²) in [7, 11) is 0. The quantitative estimate of drug-likeness (QED) is 0.256. The molecular formula is C26H29N3O3S. The molecule has 3 aromatic carbocycles. The molecule has 1 aliphatic heterocycles. The molecule has 5 N–H and O–H groups in total. The van der Waals surface area contributed by atoms with Gasteiger partial charge in [-0.25, -0.2) is 4.79 Å². The SMILES string of the molecule is CC(=O)Nc1ccc(S)cc1.CC1(C)Cc2cc(C(=O)O)ccc2NC1c1cccc(N)c1. The molecule has 0 aromatic heterocycles. The average molecular weight is 464 g/mol. The zero-order valence-electron chi connectivity index (χ0n) is 18.9. The number of carbonyl (C=O) groups excluding carboxylic acids is 1. The topological polar surface area (TPSA) is 104 Å². The minimum Gasteiger partial charge on any atom is -0.478 e. The molecule has 1 amide bonds. The monoisotopic (exact) mass is 463 g/mol. The van der Waals surface area contributed by atoms with Crippen molar-refractivity contribution in [2.75, 3.05) is 16.4 Å². The Morgan fingerprint density at radius 2 is 1.79 bits per heavy atom. The van der Waals surface area contributed by atoms with E-state index in [1.54, 1.807) is 12.1 Å². The summed E-state index contributed by atoms with van der Waals surface area (Å²) in [4.78, 5) is 22.6. The molecule has 1 atom stereocenters. The summed E-state index contributed by atoms with van der Waals surface area (Å²) >= 11 is 4.11. The van der Waals surface area contributed by atoms with E-state index in [0.717, 1.165) is 39.5 Å². The van der Waals surface area contributed by atoms with Crippen LogP contribution >= 0.6 is 12.6 Å². The lowest BCUT2D eigenvalue weighted by Crippen LogP contribution is -2.35. The summed E-state index contributed by atoms with van der Waals surface area (Å²) in [6.07, 6.45) is 0.815.